The number of rotatable bonds is 5. The molecule has 28 heavy (non-hydrogen) atoms. The third kappa shape index (κ3) is 3.81. The van der Waals surface area contributed by atoms with Crippen LogP contribution in [-0.4, -0.2) is 28.8 Å². The maximum atomic E-state index is 14.4. The zero-order chi connectivity index (χ0) is 20.3. The van der Waals surface area contributed by atoms with Crippen molar-refractivity contribution in [3.63, 3.8) is 0 Å². The minimum absolute atomic E-state index is 0.128. The van der Waals surface area contributed by atoms with Crippen LogP contribution in [0.1, 0.15) is 54.7 Å². The van der Waals surface area contributed by atoms with E-state index in [1.807, 2.05) is 0 Å². The number of benzene rings is 1. The zero-order valence-electron chi connectivity index (χ0n) is 15.6. The van der Waals surface area contributed by atoms with Crippen molar-refractivity contribution >= 4 is 11.9 Å². The molecule has 0 amide bonds. The summed E-state index contributed by atoms with van der Waals surface area (Å²) < 4.78 is 39.2. The van der Waals surface area contributed by atoms with Gasteiger partial charge in [0.1, 0.15) is 5.76 Å². The molecule has 0 saturated heterocycles. The highest BCUT2D eigenvalue weighted by atomic mass is 19.2. The van der Waals surface area contributed by atoms with Crippen LogP contribution in [0.3, 0.4) is 0 Å². The van der Waals surface area contributed by atoms with E-state index in [0.717, 1.165) is 11.1 Å². The van der Waals surface area contributed by atoms with Crippen LogP contribution in [0.4, 0.5) is 8.78 Å². The Hall–Kier alpha value is -3.03. The van der Waals surface area contributed by atoms with Crippen molar-refractivity contribution in [3.05, 3.63) is 64.7 Å². The summed E-state index contributed by atoms with van der Waals surface area (Å²) in [6.07, 6.45) is 2.19. The van der Waals surface area contributed by atoms with Gasteiger partial charge in [-0.2, -0.15) is 8.78 Å². The molecule has 148 valence electrons. The van der Waals surface area contributed by atoms with Gasteiger partial charge in [0.2, 0.25) is 5.82 Å². The van der Waals surface area contributed by atoms with E-state index < -0.39 is 35.4 Å². The molecule has 6 nitrogen and oxygen atoms in total. The Balaban J connectivity index is 1.96. The highest BCUT2D eigenvalue weighted by Gasteiger charge is 2.31. The first kappa shape index (κ1) is 19.7. The fourth-order valence-electron chi connectivity index (χ4n) is 3.21. The lowest BCUT2D eigenvalue weighted by Crippen LogP contribution is -2.20. The molecule has 1 atom stereocenters. The molecule has 0 N–H and O–H groups in total. The third-order valence-corrected chi connectivity index (χ3v) is 4.72. The summed E-state index contributed by atoms with van der Waals surface area (Å²) >= 11 is 0. The first-order valence-electron chi connectivity index (χ1n) is 8.95. The highest BCUT2D eigenvalue weighted by molar-refractivity contribution is 5.92. The normalized spacial score (nSPS) is 15.3. The van der Waals surface area contributed by atoms with Crippen molar-refractivity contribution < 1.29 is 27.8 Å². The van der Waals surface area contributed by atoms with Gasteiger partial charge in [-0.3, -0.25) is 0 Å². The Morgan fingerprint density at radius 1 is 1.11 bits per heavy atom. The lowest BCUT2D eigenvalue weighted by Gasteiger charge is -2.19. The van der Waals surface area contributed by atoms with Crippen LogP contribution in [0.15, 0.2) is 41.7 Å². The summed E-state index contributed by atoms with van der Waals surface area (Å²) in [7, 11) is 1.23. The van der Waals surface area contributed by atoms with Gasteiger partial charge in [0, 0.05) is 6.42 Å². The first-order valence-corrected chi connectivity index (χ1v) is 8.95. The molecule has 1 heterocycles. The van der Waals surface area contributed by atoms with E-state index >= 15 is 0 Å². The summed E-state index contributed by atoms with van der Waals surface area (Å²) in [6.45, 7) is 1.66. The van der Waals surface area contributed by atoms with Crippen LogP contribution in [0.2, 0.25) is 0 Å². The Morgan fingerprint density at radius 3 is 2.46 bits per heavy atom. The molecule has 0 saturated carbocycles. The monoisotopic (exact) mass is 390 g/mol. The minimum Gasteiger partial charge on any atom is -0.466 e. The van der Waals surface area contributed by atoms with Crippen LogP contribution >= 0.6 is 0 Å². The van der Waals surface area contributed by atoms with E-state index in [2.05, 4.69) is 5.10 Å². The second kappa shape index (κ2) is 8.33. The summed E-state index contributed by atoms with van der Waals surface area (Å²) in [5.41, 5.74) is 0.326. The van der Waals surface area contributed by atoms with Crippen molar-refractivity contribution in [3.8, 4) is 0 Å². The van der Waals surface area contributed by atoms with Gasteiger partial charge in [0.15, 0.2) is 5.69 Å². The molecule has 0 bridgehead atoms. The molecule has 8 heteroatoms. The number of halogens is 2. The Morgan fingerprint density at radius 2 is 1.79 bits per heavy atom. The highest BCUT2D eigenvalue weighted by Crippen LogP contribution is 2.29. The molecular weight excluding hydrogens is 370 g/mol. The summed E-state index contributed by atoms with van der Waals surface area (Å²) in [5.74, 6) is -4.34. The van der Waals surface area contributed by atoms with Gasteiger partial charge >= 0.3 is 11.9 Å². The quantitative estimate of drug-likeness (QED) is 0.724. The van der Waals surface area contributed by atoms with E-state index in [1.54, 1.807) is 37.3 Å². The molecule has 1 aliphatic rings. The number of carbonyl (C=O) groups is 2. The second-order valence-electron chi connectivity index (χ2n) is 6.47. The SMILES string of the molecule is COC(=O)C1=C(OC(=O)c2c(F)c(F)nn2[C@H](C)c2ccccc2)CCCC1. The van der Waals surface area contributed by atoms with E-state index in [1.165, 1.54) is 7.11 Å². The van der Waals surface area contributed by atoms with E-state index in [9.17, 15) is 18.4 Å². The van der Waals surface area contributed by atoms with Crippen molar-refractivity contribution in [1.82, 2.24) is 9.78 Å². The molecule has 1 aromatic heterocycles. The van der Waals surface area contributed by atoms with E-state index in [-0.39, 0.29) is 11.3 Å². The molecular formula is C20H20F2N2O4. The van der Waals surface area contributed by atoms with Crippen molar-refractivity contribution in [1.29, 1.82) is 0 Å². The fourth-order valence-corrected chi connectivity index (χ4v) is 3.21. The lowest BCUT2D eigenvalue weighted by atomic mass is 9.98. The topological polar surface area (TPSA) is 70.4 Å². The predicted molar refractivity (Wildman–Crippen MR) is 95.3 cm³/mol. The number of hydrogen-bond donors (Lipinski definition) is 0. The van der Waals surface area contributed by atoms with Crippen molar-refractivity contribution in [2.24, 2.45) is 0 Å². The number of nitrogens with zero attached hydrogens (tertiary/aromatic N) is 2. The molecule has 0 aliphatic heterocycles. The average Bonchev–Trinajstić information content (AvgIpc) is 3.02. The van der Waals surface area contributed by atoms with Gasteiger partial charge in [-0.15, -0.1) is 5.10 Å². The summed E-state index contributed by atoms with van der Waals surface area (Å²) in [4.78, 5) is 24.6. The Bertz CT molecular complexity index is 922. The van der Waals surface area contributed by atoms with Crippen molar-refractivity contribution in [2.45, 2.75) is 38.6 Å². The largest absolute Gasteiger partial charge is 0.466 e. The number of carbonyl (C=O) groups excluding carboxylic acids is 2. The third-order valence-electron chi connectivity index (χ3n) is 4.72. The minimum atomic E-state index is -1.39. The number of ether oxygens (including phenoxy) is 2. The Labute approximate surface area is 160 Å². The van der Waals surface area contributed by atoms with Crippen molar-refractivity contribution in [2.75, 3.05) is 7.11 Å². The number of esters is 2. The van der Waals surface area contributed by atoms with E-state index in [4.69, 9.17) is 9.47 Å². The maximum absolute atomic E-state index is 14.4. The molecule has 0 fully saturated rings. The maximum Gasteiger partial charge on any atom is 0.364 e. The smallest absolute Gasteiger partial charge is 0.364 e. The standard InChI is InChI=1S/C20H20F2N2O4/c1-12(13-8-4-3-5-9-13)24-17(16(21)18(22)23-24)20(26)28-15-11-7-6-10-14(15)19(25)27-2/h3-5,8-9,12H,6-7,10-11H2,1-2H3/t12-/m1/s1. The van der Waals surface area contributed by atoms with Crippen LogP contribution in [0.5, 0.6) is 0 Å². The molecule has 1 aromatic carbocycles. The summed E-state index contributed by atoms with van der Waals surface area (Å²) in [6, 6.07) is 8.26. The van der Waals surface area contributed by atoms with Crippen LogP contribution in [-0.2, 0) is 14.3 Å². The van der Waals surface area contributed by atoms with Crippen LogP contribution < -0.4 is 0 Å². The number of methoxy groups -OCH3 is 1. The van der Waals surface area contributed by atoms with Gasteiger partial charge in [-0.05, 0) is 31.7 Å². The average molecular weight is 390 g/mol. The molecule has 1 aliphatic carbocycles. The van der Waals surface area contributed by atoms with E-state index in [0.29, 0.717) is 24.8 Å². The predicted octanol–water partition coefficient (Wildman–Crippen LogP) is 3.93. The number of aromatic nitrogens is 2. The second-order valence-corrected chi connectivity index (χ2v) is 6.47. The lowest BCUT2D eigenvalue weighted by molar-refractivity contribution is -0.136. The van der Waals surface area contributed by atoms with Crippen LogP contribution in [0.25, 0.3) is 0 Å². The number of hydrogen-bond acceptors (Lipinski definition) is 5. The van der Waals surface area contributed by atoms with Crippen LogP contribution in [0, 0.1) is 11.8 Å². The molecule has 0 spiro atoms. The van der Waals surface area contributed by atoms with Gasteiger partial charge in [-0.25, -0.2) is 14.3 Å². The van der Waals surface area contributed by atoms with Gasteiger partial charge in [-0.1, -0.05) is 30.3 Å². The fraction of sp³-hybridized carbons (Fsp3) is 0.350. The van der Waals surface area contributed by atoms with Gasteiger partial charge in [0.25, 0.3) is 5.95 Å². The molecule has 3 rings (SSSR count). The zero-order valence-corrected chi connectivity index (χ0v) is 15.6. The number of allylic oxidation sites excluding steroid dienone is 1. The first-order chi connectivity index (χ1) is 13.4. The molecule has 0 radical (unpaired) electrons. The van der Waals surface area contributed by atoms with Gasteiger partial charge < -0.3 is 9.47 Å². The Kier molecular flexibility index (Phi) is 5.87. The molecule has 0 unspecified atom stereocenters. The van der Waals surface area contributed by atoms with Gasteiger partial charge in [0.05, 0.1) is 18.7 Å². The summed E-state index contributed by atoms with van der Waals surface area (Å²) in [5, 5.41) is 3.54. The molecule has 2 aromatic rings.